The Balaban J connectivity index is 3.55. The second-order valence-corrected chi connectivity index (χ2v) is 4.23. The normalized spacial score (nSPS) is 13.2. The van der Waals surface area contributed by atoms with Crippen LogP contribution in [0.25, 0.3) is 0 Å². The van der Waals surface area contributed by atoms with Gasteiger partial charge in [0, 0.05) is 5.71 Å². The standard InChI is InChI=1S/C12H4F11N/c1-3(2-4(11(18,19)20)12(21,22)23)24-10-8(16)6(14)5(13)7(15)9(10)17/h2H,1H3. The lowest BCUT2D eigenvalue weighted by molar-refractivity contribution is -0.171. The zero-order valence-corrected chi connectivity index (χ0v) is 11.2. The molecule has 0 aliphatic heterocycles. The van der Waals surface area contributed by atoms with Gasteiger partial charge < -0.3 is 0 Å². The van der Waals surface area contributed by atoms with E-state index in [2.05, 4.69) is 4.99 Å². The summed E-state index contributed by atoms with van der Waals surface area (Å²) in [7, 11) is 0. The SMILES string of the molecule is CC(C=C(C(F)(F)F)C(F)(F)F)=Nc1c(F)c(F)c(F)c(F)c1F. The molecule has 0 bridgehead atoms. The van der Waals surface area contributed by atoms with Crippen LogP contribution in [0.2, 0.25) is 0 Å². The Morgan fingerprint density at radius 3 is 1.38 bits per heavy atom. The maximum absolute atomic E-state index is 13.3. The third-order valence-corrected chi connectivity index (χ3v) is 2.44. The van der Waals surface area contributed by atoms with Crippen molar-refractivity contribution in [2.24, 2.45) is 4.99 Å². The van der Waals surface area contributed by atoms with Crippen LogP contribution in [-0.2, 0) is 0 Å². The van der Waals surface area contributed by atoms with Crippen LogP contribution in [-0.4, -0.2) is 18.1 Å². The van der Waals surface area contributed by atoms with Crippen molar-refractivity contribution in [3.63, 3.8) is 0 Å². The summed E-state index contributed by atoms with van der Waals surface area (Å²) in [4.78, 5) is 2.63. The fraction of sp³-hybridized carbons (Fsp3) is 0.250. The van der Waals surface area contributed by atoms with E-state index in [-0.39, 0.29) is 0 Å². The third kappa shape index (κ3) is 4.03. The van der Waals surface area contributed by atoms with Crippen LogP contribution in [0.4, 0.5) is 54.0 Å². The van der Waals surface area contributed by atoms with E-state index in [1.165, 1.54) is 0 Å². The van der Waals surface area contributed by atoms with E-state index in [1.807, 2.05) is 0 Å². The molecule has 0 aliphatic rings. The number of aliphatic imine (C=N–C) groups is 1. The summed E-state index contributed by atoms with van der Waals surface area (Å²) in [5, 5.41) is 0. The van der Waals surface area contributed by atoms with E-state index in [4.69, 9.17) is 0 Å². The average Bonchev–Trinajstić information content (AvgIpc) is 2.42. The van der Waals surface area contributed by atoms with Crippen LogP contribution in [0.1, 0.15) is 6.92 Å². The van der Waals surface area contributed by atoms with Gasteiger partial charge in [0.2, 0.25) is 5.82 Å². The summed E-state index contributed by atoms with van der Waals surface area (Å²) in [5.74, 6) is -12.4. The Labute approximate surface area is 126 Å². The Morgan fingerprint density at radius 1 is 0.708 bits per heavy atom. The van der Waals surface area contributed by atoms with Crippen molar-refractivity contribution in [1.82, 2.24) is 0 Å². The van der Waals surface area contributed by atoms with Crippen LogP contribution in [0.5, 0.6) is 0 Å². The molecule has 0 N–H and O–H groups in total. The first-order valence-corrected chi connectivity index (χ1v) is 5.60. The second-order valence-electron chi connectivity index (χ2n) is 4.23. The van der Waals surface area contributed by atoms with Crippen LogP contribution >= 0.6 is 0 Å². The van der Waals surface area contributed by atoms with Gasteiger partial charge in [0.15, 0.2) is 23.3 Å². The summed E-state index contributed by atoms with van der Waals surface area (Å²) < 4.78 is 139. The molecule has 12 heteroatoms. The maximum Gasteiger partial charge on any atom is 0.421 e. The molecule has 1 aromatic rings. The lowest BCUT2D eigenvalue weighted by Gasteiger charge is -2.14. The highest BCUT2D eigenvalue weighted by Crippen LogP contribution is 2.39. The van der Waals surface area contributed by atoms with Crippen molar-refractivity contribution in [2.45, 2.75) is 19.3 Å². The Kier molecular flexibility index (Phi) is 5.31. The van der Waals surface area contributed by atoms with Gasteiger partial charge in [-0.1, -0.05) is 0 Å². The van der Waals surface area contributed by atoms with Gasteiger partial charge in [-0.2, -0.15) is 26.3 Å². The molecule has 0 amide bonds. The van der Waals surface area contributed by atoms with Crippen molar-refractivity contribution in [1.29, 1.82) is 0 Å². The highest BCUT2D eigenvalue weighted by Gasteiger charge is 2.50. The molecular formula is C12H4F11N. The Hall–Kier alpha value is -2.14. The van der Waals surface area contributed by atoms with Crippen molar-refractivity contribution >= 4 is 11.4 Å². The lowest BCUT2D eigenvalue weighted by Crippen LogP contribution is -2.26. The number of allylic oxidation sites excluding steroid dienone is 2. The molecule has 0 spiro atoms. The average molecular weight is 371 g/mol. The Bertz CT molecular complexity index is 664. The van der Waals surface area contributed by atoms with Gasteiger partial charge in [-0.05, 0) is 13.0 Å². The number of rotatable bonds is 2. The first-order valence-electron chi connectivity index (χ1n) is 5.60. The van der Waals surface area contributed by atoms with Gasteiger partial charge in [0.05, 0.1) is 0 Å². The second kappa shape index (κ2) is 6.40. The van der Waals surface area contributed by atoms with E-state index in [9.17, 15) is 48.3 Å². The largest absolute Gasteiger partial charge is 0.421 e. The fourth-order valence-electron chi connectivity index (χ4n) is 1.43. The third-order valence-electron chi connectivity index (χ3n) is 2.44. The highest BCUT2D eigenvalue weighted by molar-refractivity contribution is 5.95. The van der Waals surface area contributed by atoms with Crippen molar-refractivity contribution in [2.75, 3.05) is 0 Å². The molecule has 0 aromatic heterocycles. The van der Waals surface area contributed by atoms with Crippen molar-refractivity contribution in [3.05, 3.63) is 40.7 Å². The van der Waals surface area contributed by atoms with Crippen molar-refractivity contribution in [3.8, 4) is 0 Å². The number of hydrogen-bond donors (Lipinski definition) is 0. The smallest absolute Gasteiger partial charge is 0.247 e. The van der Waals surface area contributed by atoms with Crippen LogP contribution in [0, 0.1) is 29.1 Å². The molecule has 0 fully saturated rings. The van der Waals surface area contributed by atoms with Crippen molar-refractivity contribution < 1.29 is 48.3 Å². The number of nitrogens with zero attached hydrogens (tertiary/aromatic N) is 1. The molecule has 1 aromatic carbocycles. The van der Waals surface area contributed by atoms with Gasteiger partial charge in [0.1, 0.15) is 11.3 Å². The summed E-state index contributed by atoms with van der Waals surface area (Å²) in [6.45, 7) is 0.454. The Morgan fingerprint density at radius 2 is 1.04 bits per heavy atom. The molecule has 0 heterocycles. The molecule has 1 rings (SSSR count). The van der Waals surface area contributed by atoms with E-state index in [1.54, 1.807) is 0 Å². The zero-order valence-electron chi connectivity index (χ0n) is 11.2. The zero-order chi connectivity index (χ0) is 19.0. The van der Waals surface area contributed by atoms with Crippen LogP contribution in [0.3, 0.4) is 0 Å². The lowest BCUT2D eigenvalue weighted by atomic mass is 10.2. The predicted octanol–water partition coefficient (Wildman–Crippen LogP) is 5.53. The topological polar surface area (TPSA) is 12.4 Å². The van der Waals surface area contributed by atoms with Gasteiger partial charge in [-0.15, -0.1) is 0 Å². The molecule has 0 unspecified atom stereocenters. The van der Waals surface area contributed by atoms with E-state index in [0.29, 0.717) is 6.92 Å². The van der Waals surface area contributed by atoms with Gasteiger partial charge >= 0.3 is 12.4 Å². The maximum atomic E-state index is 13.3. The van der Waals surface area contributed by atoms with Gasteiger partial charge in [-0.3, -0.25) is 0 Å². The van der Waals surface area contributed by atoms with E-state index >= 15 is 0 Å². The molecule has 0 radical (unpaired) electrons. The summed E-state index contributed by atoms with van der Waals surface area (Å²) >= 11 is 0. The summed E-state index contributed by atoms with van der Waals surface area (Å²) in [6.07, 6.45) is -12.4. The predicted molar refractivity (Wildman–Crippen MR) is 59.2 cm³/mol. The van der Waals surface area contributed by atoms with Crippen LogP contribution in [0.15, 0.2) is 16.6 Å². The number of hydrogen-bond acceptors (Lipinski definition) is 1. The molecule has 0 atom stereocenters. The van der Waals surface area contributed by atoms with Gasteiger partial charge in [0.25, 0.3) is 0 Å². The van der Waals surface area contributed by atoms with E-state index < -0.39 is 64.5 Å². The summed E-state index contributed by atoms with van der Waals surface area (Å²) in [6, 6.07) is 0. The molecular weight excluding hydrogens is 367 g/mol. The molecule has 0 aliphatic carbocycles. The number of alkyl halides is 6. The quantitative estimate of drug-likeness (QED) is 0.281. The minimum Gasteiger partial charge on any atom is -0.247 e. The number of benzene rings is 1. The minimum absolute atomic E-state index is 0.454. The highest BCUT2D eigenvalue weighted by atomic mass is 19.4. The fourth-order valence-corrected chi connectivity index (χ4v) is 1.43. The minimum atomic E-state index is -5.88. The number of halogens is 11. The molecule has 134 valence electrons. The summed E-state index contributed by atoms with van der Waals surface area (Å²) in [5.41, 5.74) is -6.27. The molecule has 0 saturated carbocycles. The van der Waals surface area contributed by atoms with Crippen LogP contribution < -0.4 is 0 Å². The van der Waals surface area contributed by atoms with E-state index in [0.717, 1.165) is 0 Å². The van der Waals surface area contributed by atoms with Gasteiger partial charge in [-0.25, -0.2) is 26.9 Å². The first-order chi connectivity index (χ1) is 10.7. The molecule has 24 heavy (non-hydrogen) atoms. The molecule has 1 nitrogen and oxygen atoms in total. The first kappa shape index (κ1) is 19.9. The monoisotopic (exact) mass is 371 g/mol. The molecule has 0 saturated heterocycles.